The van der Waals surface area contributed by atoms with E-state index in [1.54, 1.807) is 0 Å². The van der Waals surface area contributed by atoms with Gasteiger partial charge in [-0.25, -0.2) is 4.79 Å². The normalized spacial score (nSPS) is 10.1. The molecule has 0 heterocycles. The number of imide groups is 1. The first-order chi connectivity index (χ1) is 9.56. The lowest BCUT2D eigenvalue weighted by atomic mass is 10.2. The summed E-state index contributed by atoms with van der Waals surface area (Å²) in [6, 6.07) is -0.557. The summed E-state index contributed by atoms with van der Waals surface area (Å²) < 4.78 is 5.32. The zero-order chi connectivity index (χ0) is 15.2. The second-order valence-corrected chi connectivity index (χ2v) is 4.37. The molecule has 0 fully saturated rings. The summed E-state index contributed by atoms with van der Waals surface area (Å²) in [5.74, 6) is -1.42. The van der Waals surface area contributed by atoms with Gasteiger partial charge in [-0.3, -0.25) is 14.9 Å². The number of carboxylic acid groups (broad SMARTS) is 1. The van der Waals surface area contributed by atoms with Crippen LogP contribution in [-0.2, 0) is 14.3 Å². The van der Waals surface area contributed by atoms with Gasteiger partial charge in [0.05, 0.1) is 0 Å². The van der Waals surface area contributed by atoms with Crippen LogP contribution in [0.2, 0.25) is 0 Å². The maximum Gasteiger partial charge on any atom is 0.321 e. The van der Waals surface area contributed by atoms with Gasteiger partial charge in [0.2, 0.25) is 5.91 Å². The van der Waals surface area contributed by atoms with Crippen LogP contribution in [0.25, 0.3) is 0 Å². The molecule has 0 aromatic carbocycles. The Hall–Kier alpha value is -1.63. The van der Waals surface area contributed by atoms with Crippen LogP contribution in [0.15, 0.2) is 0 Å². The first kappa shape index (κ1) is 18.4. The highest BCUT2D eigenvalue weighted by atomic mass is 16.5. The van der Waals surface area contributed by atoms with Crippen LogP contribution in [-0.4, -0.2) is 42.8 Å². The first-order valence-electron chi connectivity index (χ1n) is 6.93. The van der Waals surface area contributed by atoms with Gasteiger partial charge in [0.1, 0.15) is 0 Å². The summed E-state index contributed by atoms with van der Waals surface area (Å²) >= 11 is 0. The summed E-state index contributed by atoms with van der Waals surface area (Å²) in [5, 5.41) is 13.1. The lowest BCUT2D eigenvalue weighted by Gasteiger charge is -2.07. The Morgan fingerprint density at radius 1 is 1.05 bits per heavy atom. The SMILES string of the molecule is CCCCOCCCNC(=O)NC(=O)CCCC(=O)O. The van der Waals surface area contributed by atoms with Gasteiger partial charge in [0, 0.05) is 32.6 Å². The lowest BCUT2D eigenvalue weighted by molar-refractivity contribution is -0.137. The molecule has 0 aliphatic heterocycles. The van der Waals surface area contributed by atoms with Crippen LogP contribution in [0.4, 0.5) is 4.79 Å². The van der Waals surface area contributed by atoms with Crippen molar-refractivity contribution in [2.24, 2.45) is 0 Å². The van der Waals surface area contributed by atoms with Crippen LogP contribution in [0.5, 0.6) is 0 Å². The quantitative estimate of drug-likeness (QED) is 0.497. The van der Waals surface area contributed by atoms with E-state index in [1.165, 1.54) is 0 Å². The predicted octanol–water partition coefficient (Wildman–Crippen LogP) is 1.27. The molecule has 3 amide bonds. The van der Waals surface area contributed by atoms with Gasteiger partial charge in [-0.05, 0) is 19.3 Å². The standard InChI is InChI=1S/C13H24N2O5/c1-2-3-9-20-10-5-8-14-13(19)15-11(16)6-4-7-12(17)18/h2-10H2,1H3,(H,17,18)(H2,14,15,16,19). The molecule has 20 heavy (non-hydrogen) atoms. The van der Waals surface area contributed by atoms with E-state index in [4.69, 9.17) is 9.84 Å². The van der Waals surface area contributed by atoms with Gasteiger partial charge in [0.15, 0.2) is 0 Å². The Balaban J connectivity index is 3.43. The molecule has 0 aliphatic carbocycles. The molecule has 7 heteroatoms. The number of carboxylic acids is 1. The molecule has 0 spiro atoms. The monoisotopic (exact) mass is 288 g/mol. The minimum Gasteiger partial charge on any atom is -0.481 e. The number of aliphatic carboxylic acids is 1. The number of ether oxygens (including phenoxy) is 1. The largest absolute Gasteiger partial charge is 0.481 e. The minimum absolute atomic E-state index is 0.0276. The number of rotatable bonds is 11. The van der Waals surface area contributed by atoms with Gasteiger partial charge < -0.3 is 15.2 Å². The molecule has 0 saturated carbocycles. The topological polar surface area (TPSA) is 105 Å². The molecule has 3 N–H and O–H groups in total. The zero-order valence-electron chi connectivity index (χ0n) is 11.9. The van der Waals surface area contributed by atoms with E-state index in [1.807, 2.05) is 0 Å². The minimum atomic E-state index is -0.953. The van der Waals surface area contributed by atoms with Gasteiger partial charge >= 0.3 is 12.0 Å². The summed E-state index contributed by atoms with van der Waals surface area (Å²) in [7, 11) is 0. The second kappa shape index (κ2) is 12.4. The van der Waals surface area contributed by atoms with E-state index in [0.29, 0.717) is 19.6 Å². The van der Waals surface area contributed by atoms with Gasteiger partial charge in [0.25, 0.3) is 0 Å². The van der Waals surface area contributed by atoms with E-state index in [2.05, 4.69) is 17.6 Å². The third-order valence-corrected chi connectivity index (χ3v) is 2.44. The van der Waals surface area contributed by atoms with Crippen molar-refractivity contribution >= 4 is 17.9 Å². The summed E-state index contributed by atoms with van der Waals surface area (Å²) in [6.45, 7) is 3.82. The van der Waals surface area contributed by atoms with Crippen molar-refractivity contribution in [1.29, 1.82) is 0 Å². The Labute approximate surface area is 119 Å². The van der Waals surface area contributed by atoms with Crippen molar-refractivity contribution in [3.8, 4) is 0 Å². The number of carbonyl (C=O) groups excluding carboxylic acids is 2. The zero-order valence-corrected chi connectivity index (χ0v) is 11.9. The van der Waals surface area contributed by atoms with Crippen molar-refractivity contribution in [3.63, 3.8) is 0 Å². The Morgan fingerprint density at radius 3 is 2.40 bits per heavy atom. The molecular formula is C13H24N2O5. The first-order valence-corrected chi connectivity index (χ1v) is 6.93. The van der Waals surface area contributed by atoms with Gasteiger partial charge in [-0.15, -0.1) is 0 Å². The summed E-state index contributed by atoms with van der Waals surface area (Å²) in [5.41, 5.74) is 0. The van der Waals surface area contributed by atoms with Gasteiger partial charge in [-0.1, -0.05) is 13.3 Å². The molecule has 116 valence electrons. The molecule has 0 saturated heterocycles. The lowest BCUT2D eigenvalue weighted by Crippen LogP contribution is -2.40. The molecule has 0 aliphatic rings. The number of urea groups is 1. The fourth-order valence-corrected chi connectivity index (χ4v) is 1.36. The molecule has 0 atom stereocenters. The molecule has 0 bridgehead atoms. The number of hydrogen-bond acceptors (Lipinski definition) is 4. The molecule has 7 nitrogen and oxygen atoms in total. The Morgan fingerprint density at radius 2 is 1.75 bits per heavy atom. The third-order valence-electron chi connectivity index (χ3n) is 2.44. The van der Waals surface area contributed by atoms with Gasteiger partial charge in [-0.2, -0.15) is 0 Å². The highest BCUT2D eigenvalue weighted by Gasteiger charge is 2.07. The van der Waals surface area contributed by atoms with Crippen molar-refractivity contribution in [3.05, 3.63) is 0 Å². The van der Waals surface area contributed by atoms with E-state index in [-0.39, 0.29) is 19.3 Å². The average Bonchev–Trinajstić information content (AvgIpc) is 2.37. The predicted molar refractivity (Wildman–Crippen MR) is 73.4 cm³/mol. The molecule has 0 rings (SSSR count). The number of nitrogens with one attached hydrogen (secondary N) is 2. The number of unbranched alkanes of at least 4 members (excludes halogenated alkanes) is 1. The van der Waals surface area contributed by atoms with Crippen molar-refractivity contribution in [1.82, 2.24) is 10.6 Å². The van der Waals surface area contributed by atoms with Crippen LogP contribution in [0, 0.1) is 0 Å². The number of amides is 3. The fourth-order valence-electron chi connectivity index (χ4n) is 1.36. The van der Waals surface area contributed by atoms with E-state index in [9.17, 15) is 14.4 Å². The number of hydrogen-bond donors (Lipinski definition) is 3. The molecule has 0 unspecified atom stereocenters. The highest BCUT2D eigenvalue weighted by Crippen LogP contribution is 1.94. The average molecular weight is 288 g/mol. The molecule has 0 aromatic heterocycles. The highest BCUT2D eigenvalue weighted by molar-refractivity contribution is 5.94. The van der Waals surface area contributed by atoms with Crippen LogP contribution in [0.3, 0.4) is 0 Å². The Bertz CT molecular complexity index is 307. The Kier molecular flexibility index (Phi) is 11.4. The summed E-state index contributed by atoms with van der Waals surface area (Å²) in [6.07, 6.45) is 2.97. The molecule has 0 radical (unpaired) electrons. The van der Waals surface area contributed by atoms with Crippen LogP contribution in [0.1, 0.15) is 45.4 Å². The van der Waals surface area contributed by atoms with Crippen LogP contribution >= 0.6 is 0 Å². The third kappa shape index (κ3) is 12.8. The molecular weight excluding hydrogens is 264 g/mol. The second-order valence-electron chi connectivity index (χ2n) is 4.37. The summed E-state index contributed by atoms with van der Waals surface area (Å²) in [4.78, 5) is 32.8. The molecule has 0 aromatic rings. The smallest absolute Gasteiger partial charge is 0.321 e. The van der Waals surface area contributed by atoms with E-state index < -0.39 is 17.9 Å². The van der Waals surface area contributed by atoms with E-state index in [0.717, 1.165) is 19.4 Å². The maximum absolute atomic E-state index is 11.3. The fraction of sp³-hybridized carbons (Fsp3) is 0.769. The van der Waals surface area contributed by atoms with Crippen molar-refractivity contribution in [2.45, 2.75) is 45.4 Å². The van der Waals surface area contributed by atoms with Crippen molar-refractivity contribution < 1.29 is 24.2 Å². The van der Waals surface area contributed by atoms with Crippen LogP contribution < -0.4 is 10.6 Å². The van der Waals surface area contributed by atoms with E-state index >= 15 is 0 Å². The maximum atomic E-state index is 11.3. The van der Waals surface area contributed by atoms with Crippen molar-refractivity contribution in [2.75, 3.05) is 19.8 Å². The number of carbonyl (C=O) groups is 3.